The van der Waals surface area contributed by atoms with Crippen molar-refractivity contribution < 1.29 is 9.90 Å². The van der Waals surface area contributed by atoms with Crippen LogP contribution in [0.1, 0.15) is 21.7 Å². The minimum atomic E-state index is -1.12. The summed E-state index contributed by atoms with van der Waals surface area (Å²) in [6.07, 6.45) is 1.17. The van der Waals surface area contributed by atoms with E-state index in [1.54, 1.807) is 0 Å². The molecule has 0 atom stereocenters. The maximum absolute atomic E-state index is 11.1. The van der Waals surface area contributed by atoms with E-state index in [1.165, 1.54) is 4.68 Å². The van der Waals surface area contributed by atoms with E-state index in [9.17, 15) is 4.79 Å². The predicted octanol–water partition coefficient (Wildman–Crippen LogP) is 1.29. The third kappa shape index (κ3) is 2.96. The second-order valence-electron chi connectivity index (χ2n) is 3.99. The van der Waals surface area contributed by atoms with Gasteiger partial charge in [0, 0.05) is 0 Å². The molecular formula is C13H12N4O2. The number of aromatic nitrogens is 3. The Labute approximate surface area is 109 Å². The van der Waals surface area contributed by atoms with Crippen molar-refractivity contribution in [3.05, 3.63) is 47.3 Å². The van der Waals surface area contributed by atoms with Crippen LogP contribution >= 0.6 is 0 Å². The van der Waals surface area contributed by atoms with Crippen LogP contribution in [0.15, 0.2) is 30.3 Å². The van der Waals surface area contributed by atoms with Gasteiger partial charge in [0.05, 0.1) is 11.8 Å². The van der Waals surface area contributed by atoms with Crippen LogP contribution in [0, 0.1) is 11.3 Å². The smallest absolute Gasteiger partial charge is 0.358 e. The molecule has 0 saturated heterocycles. The van der Waals surface area contributed by atoms with Gasteiger partial charge in [-0.15, -0.1) is 5.10 Å². The van der Waals surface area contributed by atoms with Gasteiger partial charge < -0.3 is 5.11 Å². The molecule has 1 aromatic heterocycles. The van der Waals surface area contributed by atoms with E-state index in [1.807, 2.05) is 36.4 Å². The summed E-state index contributed by atoms with van der Waals surface area (Å²) in [6.45, 7) is 0.00437. The van der Waals surface area contributed by atoms with Crippen LogP contribution in [0.5, 0.6) is 0 Å². The number of aryl methyl sites for hydroxylation is 1. The zero-order chi connectivity index (χ0) is 13.7. The van der Waals surface area contributed by atoms with Crippen LogP contribution in [0.3, 0.4) is 0 Å². The van der Waals surface area contributed by atoms with Crippen LogP contribution in [0.25, 0.3) is 0 Å². The molecule has 0 saturated carbocycles. The van der Waals surface area contributed by atoms with Gasteiger partial charge in [0.15, 0.2) is 5.69 Å². The van der Waals surface area contributed by atoms with E-state index in [0.717, 1.165) is 5.56 Å². The molecule has 6 nitrogen and oxygen atoms in total. The summed E-state index contributed by atoms with van der Waals surface area (Å²) in [4.78, 5) is 11.1. The molecule has 0 aliphatic rings. The highest BCUT2D eigenvalue weighted by Gasteiger charge is 2.18. The molecule has 0 spiro atoms. The van der Waals surface area contributed by atoms with Gasteiger partial charge in [0.1, 0.15) is 6.54 Å². The molecule has 0 aliphatic carbocycles. The van der Waals surface area contributed by atoms with Gasteiger partial charge in [-0.3, -0.25) is 0 Å². The summed E-state index contributed by atoms with van der Waals surface area (Å²) in [5.74, 6) is -1.12. The Bertz CT molecular complexity index is 613. The van der Waals surface area contributed by atoms with Crippen molar-refractivity contribution in [3.8, 4) is 6.07 Å². The average Bonchev–Trinajstić information content (AvgIpc) is 2.81. The van der Waals surface area contributed by atoms with Crippen LogP contribution < -0.4 is 0 Å². The van der Waals surface area contributed by atoms with Crippen LogP contribution in [0.2, 0.25) is 0 Å². The van der Waals surface area contributed by atoms with E-state index in [2.05, 4.69) is 10.3 Å². The van der Waals surface area contributed by atoms with Gasteiger partial charge in [-0.2, -0.15) is 5.26 Å². The van der Waals surface area contributed by atoms with Crippen LogP contribution in [0.4, 0.5) is 0 Å². The topological polar surface area (TPSA) is 91.8 Å². The number of nitriles is 1. The van der Waals surface area contributed by atoms with Crippen molar-refractivity contribution >= 4 is 5.97 Å². The Morgan fingerprint density at radius 2 is 2.05 bits per heavy atom. The highest BCUT2D eigenvalue weighted by Crippen LogP contribution is 2.10. The molecule has 19 heavy (non-hydrogen) atoms. The Morgan fingerprint density at radius 3 is 2.68 bits per heavy atom. The summed E-state index contributed by atoms with van der Waals surface area (Å²) >= 11 is 0. The Morgan fingerprint density at radius 1 is 1.32 bits per heavy atom. The van der Waals surface area contributed by atoms with Crippen molar-refractivity contribution in [2.24, 2.45) is 0 Å². The number of carbonyl (C=O) groups is 1. The molecule has 6 heteroatoms. The third-order valence-electron chi connectivity index (χ3n) is 2.75. The van der Waals surface area contributed by atoms with Gasteiger partial charge in [-0.05, 0) is 18.4 Å². The highest BCUT2D eigenvalue weighted by atomic mass is 16.4. The molecule has 1 aromatic carbocycles. The zero-order valence-corrected chi connectivity index (χ0v) is 10.2. The summed E-state index contributed by atoms with van der Waals surface area (Å²) in [6, 6.07) is 11.7. The quantitative estimate of drug-likeness (QED) is 0.870. The molecule has 0 aliphatic heterocycles. The molecule has 0 radical (unpaired) electrons. The second kappa shape index (κ2) is 5.78. The molecule has 0 fully saturated rings. The van der Waals surface area contributed by atoms with E-state index in [-0.39, 0.29) is 12.2 Å². The first-order valence-electron chi connectivity index (χ1n) is 5.79. The lowest BCUT2D eigenvalue weighted by atomic mass is 10.1. The van der Waals surface area contributed by atoms with Crippen molar-refractivity contribution in [1.82, 2.24) is 15.0 Å². The first kappa shape index (κ1) is 12.8. The first-order valence-corrected chi connectivity index (χ1v) is 5.79. The maximum atomic E-state index is 11.1. The molecular weight excluding hydrogens is 244 g/mol. The summed E-state index contributed by atoms with van der Waals surface area (Å²) in [5.41, 5.74) is 1.51. The number of carboxylic acid groups (broad SMARTS) is 1. The third-order valence-corrected chi connectivity index (χ3v) is 2.75. The molecule has 0 unspecified atom stereocenters. The highest BCUT2D eigenvalue weighted by molar-refractivity contribution is 5.86. The fraction of sp³-hybridized carbons (Fsp3) is 0.231. The Balaban J connectivity index is 2.20. The number of aromatic carboxylic acids is 1. The summed E-state index contributed by atoms with van der Waals surface area (Å²) in [5, 5.41) is 25.0. The minimum Gasteiger partial charge on any atom is -0.476 e. The van der Waals surface area contributed by atoms with Crippen molar-refractivity contribution in [1.29, 1.82) is 5.26 Å². The van der Waals surface area contributed by atoms with Gasteiger partial charge >= 0.3 is 5.97 Å². The van der Waals surface area contributed by atoms with Crippen molar-refractivity contribution in [3.63, 3.8) is 0 Å². The largest absolute Gasteiger partial charge is 0.476 e. The lowest BCUT2D eigenvalue weighted by Crippen LogP contribution is -2.09. The predicted molar refractivity (Wildman–Crippen MR) is 66.4 cm³/mol. The van der Waals surface area contributed by atoms with Crippen LogP contribution in [-0.4, -0.2) is 26.1 Å². The van der Waals surface area contributed by atoms with E-state index in [0.29, 0.717) is 18.5 Å². The number of benzene rings is 1. The average molecular weight is 256 g/mol. The fourth-order valence-corrected chi connectivity index (χ4v) is 1.85. The molecule has 0 bridgehead atoms. The first-order chi connectivity index (χ1) is 9.22. The van der Waals surface area contributed by atoms with Gasteiger partial charge in [0.2, 0.25) is 0 Å². The molecule has 1 N–H and O–H groups in total. The minimum absolute atomic E-state index is 0.00437. The number of hydrogen-bond donors (Lipinski definition) is 1. The van der Waals surface area contributed by atoms with E-state index < -0.39 is 5.97 Å². The molecule has 96 valence electrons. The zero-order valence-electron chi connectivity index (χ0n) is 10.2. The number of hydrogen-bond acceptors (Lipinski definition) is 4. The van der Waals surface area contributed by atoms with Gasteiger partial charge in [-0.25, -0.2) is 9.48 Å². The molecule has 2 aromatic rings. The summed E-state index contributed by atoms with van der Waals surface area (Å²) in [7, 11) is 0. The molecule has 1 heterocycles. The van der Waals surface area contributed by atoms with Crippen molar-refractivity contribution in [2.45, 2.75) is 19.4 Å². The normalized spacial score (nSPS) is 10.1. The van der Waals surface area contributed by atoms with Gasteiger partial charge in [-0.1, -0.05) is 35.5 Å². The second-order valence-corrected chi connectivity index (χ2v) is 3.99. The van der Waals surface area contributed by atoms with Crippen LogP contribution in [-0.2, 0) is 19.4 Å². The Kier molecular flexibility index (Phi) is 3.88. The molecule has 2 rings (SSSR count). The fourth-order valence-electron chi connectivity index (χ4n) is 1.85. The number of nitrogens with zero attached hydrogens (tertiary/aromatic N) is 4. The SMILES string of the molecule is N#CCn1nnc(C(=O)O)c1CCc1ccccc1. The van der Waals surface area contributed by atoms with Crippen molar-refractivity contribution in [2.75, 3.05) is 0 Å². The van der Waals surface area contributed by atoms with Gasteiger partial charge in [0.25, 0.3) is 0 Å². The van der Waals surface area contributed by atoms with E-state index in [4.69, 9.17) is 10.4 Å². The molecule has 0 amide bonds. The number of rotatable bonds is 5. The Hall–Kier alpha value is -2.68. The lowest BCUT2D eigenvalue weighted by molar-refractivity contribution is 0.0689. The number of carboxylic acids is 1. The van der Waals surface area contributed by atoms with E-state index >= 15 is 0 Å². The standard InChI is InChI=1S/C13H12N4O2/c14-8-9-17-11(12(13(18)19)15-16-17)7-6-10-4-2-1-3-5-10/h1-5H,6-7,9H2,(H,18,19). The monoisotopic (exact) mass is 256 g/mol. The summed E-state index contributed by atoms with van der Waals surface area (Å²) < 4.78 is 1.34. The maximum Gasteiger partial charge on any atom is 0.358 e. The lowest BCUT2D eigenvalue weighted by Gasteiger charge is -2.04.